The van der Waals surface area contributed by atoms with Crippen LogP contribution in [0, 0.1) is 46.3 Å². The van der Waals surface area contributed by atoms with Crippen molar-refractivity contribution >= 4 is 5.97 Å². The Morgan fingerprint density at radius 3 is 2.32 bits per heavy atom. The summed E-state index contributed by atoms with van der Waals surface area (Å²) in [7, 11) is 0. The van der Waals surface area contributed by atoms with Crippen LogP contribution in [0.3, 0.4) is 0 Å². The molecule has 0 bridgehead atoms. The topological polar surface area (TPSA) is 120 Å². The van der Waals surface area contributed by atoms with Gasteiger partial charge in [-0.15, -0.1) is 0 Å². The number of aliphatic carboxylic acids is 1. The Morgan fingerprint density at radius 2 is 1.61 bits per heavy atom. The van der Waals surface area contributed by atoms with Gasteiger partial charge in [0, 0.05) is 6.04 Å². The molecule has 0 aromatic carbocycles. The van der Waals surface area contributed by atoms with Gasteiger partial charge in [0.2, 0.25) is 0 Å². The lowest BCUT2D eigenvalue weighted by Crippen LogP contribution is -2.56. The standard InChI is InChI=1S/C37H68N4O3/c1-26(10-7-11-27(2)35(43)44)30-12-13-31-34-32(15-17-37(30,31)4)36(3)16-14-29(24-28(36)25-33(34)42)41-23-9-22-40-20-6-5-19-39-21-8-18-38/h24,26-27,29-34,39-42H,5-23,25,38H2,1-4H3,(H,43,44)/t26-,27?,29+,30-,31?,32?,33-,34?,36+,37-/m1/s1. The molecular formula is C37H68N4O3. The van der Waals surface area contributed by atoms with Gasteiger partial charge in [0.1, 0.15) is 0 Å². The maximum absolute atomic E-state index is 11.7. The van der Waals surface area contributed by atoms with Crippen LogP contribution in [-0.2, 0) is 4.79 Å². The van der Waals surface area contributed by atoms with Gasteiger partial charge in [0.15, 0.2) is 0 Å². The molecule has 0 aromatic heterocycles. The molecule has 3 saturated carbocycles. The fraction of sp³-hybridized carbons (Fsp3) is 0.919. The molecule has 4 aliphatic carbocycles. The van der Waals surface area contributed by atoms with E-state index in [0.29, 0.717) is 41.0 Å². The van der Waals surface area contributed by atoms with Crippen LogP contribution < -0.4 is 21.7 Å². The van der Waals surface area contributed by atoms with Crippen LogP contribution in [0.1, 0.15) is 118 Å². The predicted molar refractivity (Wildman–Crippen MR) is 181 cm³/mol. The van der Waals surface area contributed by atoms with E-state index in [1.807, 2.05) is 6.92 Å². The van der Waals surface area contributed by atoms with E-state index >= 15 is 0 Å². The number of fused-ring (bicyclic) bond motifs is 5. The number of nitrogens with two attached hydrogens (primary N) is 1. The lowest BCUT2D eigenvalue weighted by atomic mass is 9.45. The molecule has 0 radical (unpaired) electrons. The van der Waals surface area contributed by atoms with Crippen LogP contribution in [0.15, 0.2) is 11.6 Å². The Kier molecular flexibility index (Phi) is 13.6. The molecule has 7 nitrogen and oxygen atoms in total. The monoisotopic (exact) mass is 617 g/mol. The molecule has 0 heterocycles. The highest BCUT2D eigenvalue weighted by molar-refractivity contribution is 5.69. The molecule has 0 aliphatic heterocycles. The molecule has 3 fully saturated rings. The molecule has 0 amide bonds. The van der Waals surface area contributed by atoms with Gasteiger partial charge in [-0.05, 0) is 157 Å². The third-order valence-corrected chi connectivity index (χ3v) is 13.1. The number of rotatable bonds is 19. The van der Waals surface area contributed by atoms with Crippen LogP contribution in [-0.4, -0.2) is 67.6 Å². The van der Waals surface area contributed by atoms with Crippen LogP contribution in [0.2, 0.25) is 0 Å². The number of carbonyl (C=O) groups is 1. The molecular weight excluding hydrogens is 548 g/mol. The lowest BCUT2D eigenvalue weighted by molar-refractivity contribution is -0.141. The van der Waals surface area contributed by atoms with Gasteiger partial charge in [-0.1, -0.05) is 52.2 Å². The Morgan fingerprint density at radius 1 is 0.909 bits per heavy atom. The van der Waals surface area contributed by atoms with Crippen molar-refractivity contribution in [3.8, 4) is 0 Å². The molecule has 10 atom stereocenters. The van der Waals surface area contributed by atoms with Crippen molar-refractivity contribution in [1.29, 1.82) is 0 Å². The highest BCUT2D eigenvalue weighted by Gasteiger charge is 2.61. The molecule has 4 unspecified atom stereocenters. The molecule has 0 spiro atoms. The van der Waals surface area contributed by atoms with Gasteiger partial charge in [0.05, 0.1) is 12.0 Å². The summed E-state index contributed by atoms with van der Waals surface area (Å²) >= 11 is 0. The maximum Gasteiger partial charge on any atom is 0.306 e. The first-order valence-corrected chi connectivity index (χ1v) is 18.6. The summed E-state index contributed by atoms with van der Waals surface area (Å²) in [5.41, 5.74) is 7.62. The third-order valence-electron chi connectivity index (χ3n) is 13.1. The summed E-state index contributed by atoms with van der Waals surface area (Å²) in [5.74, 6) is 2.06. The van der Waals surface area contributed by atoms with E-state index in [0.717, 1.165) is 77.8 Å². The Hall–Kier alpha value is -0.990. The second-order valence-corrected chi connectivity index (χ2v) is 15.8. The number of nitrogens with one attached hydrogen (secondary N) is 3. The van der Waals surface area contributed by atoms with E-state index in [1.165, 1.54) is 56.9 Å². The van der Waals surface area contributed by atoms with Crippen molar-refractivity contribution < 1.29 is 15.0 Å². The van der Waals surface area contributed by atoms with Crippen molar-refractivity contribution in [2.75, 3.05) is 39.3 Å². The number of aliphatic hydroxyl groups is 1. The van der Waals surface area contributed by atoms with Crippen molar-refractivity contribution in [3.63, 3.8) is 0 Å². The Labute approximate surface area is 269 Å². The Bertz CT molecular complexity index is 928. The normalized spacial score (nSPS) is 36.2. The third kappa shape index (κ3) is 8.48. The minimum atomic E-state index is -0.667. The lowest BCUT2D eigenvalue weighted by Gasteiger charge is -2.60. The number of hydrogen-bond acceptors (Lipinski definition) is 6. The molecule has 44 heavy (non-hydrogen) atoms. The van der Waals surface area contributed by atoms with Crippen molar-refractivity contribution in [3.05, 3.63) is 11.6 Å². The molecule has 0 aromatic rings. The van der Waals surface area contributed by atoms with Gasteiger partial charge in [-0.25, -0.2) is 0 Å². The second-order valence-electron chi connectivity index (χ2n) is 15.8. The number of hydrogen-bond donors (Lipinski definition) is 6. The van der Waals surface area contributed by atoms with Gasteiger partial charge in [-0.3, -0.25) is 4.79 Å². The van der Waals surface area contributed by atoms with E-state index in [4.69, 9.17) is 5.73 Å². The largest absolute Gasteiger partial charge is 0.481 e. The zero-order valence-electron chi connectivity index (χ0n) is 28.7. The van der Waals surface area contributed by atoms with Crippen LogP contribution in [0.5, 0.6) is 0 Å². The van der Waals surface area contributed by atoms with E-state index in [-0.39, 0.29) is 17.4 Å². The number of carboxylic acid groups (broad SMARTS) is 1. The number of unbranched alkanes of at least 4 members (excludes halogenated alkanes) is 1. The first-order chi connectivity index (χ1) is 21.1. The van der Waals surface area contributed by atoms with Crippen molar-refractivity contribution in [1.82, 2.24) is 16.0 Å². The van der Waals surface area contributed by atoms with Gasteiger partial charge >= 0.3 is 5.97 Å². The zero-order valence-corrected chi connectivity index (χ0v) is 28.7. The molecule has 254 valence electrons. The fourth-order valence-corrected chi connectivity index (χ4v) is 10.4. The van der Waals surface area contributed by atoms with Gasteiger partial charge < -0.3 is 31.9 Å². The predicted octanol–water partition coefficient (Wildman–Crippen LogP) is 5.72. The van der Waals surface area contributed by atoms with Crippen molar-refractivity contribution in [2.24, 2.45) is 52.1 Å². The molecule has 7 N–H and O–H groups in total. The maximum atomic E-state index is 11.7. The summed E-state index contributed by atoms with van der Waals surface area (Å²) in [5, 5.41) is 31.9. The summed E-state index contributed by atoms with van der Waals surface area (Å²) in [4.78, 5) is 11.3. The summed E-state index contributed by atoms with van der Waals surface area (Å²) < 4.78 is 0. The summed E-state index contributed by atoms with van der Waals surface area (Å²) in [6, 6.07) is 0.441. The molecule has 4 aliphatic rings. The quantitative estimate of drug-likeness (QED) is 0.0812. The average Bonchev–Trinajstić information content (AvgIpc) is 3.35. The minimum Gasteiger partial charge on any atom is -0.481 e. The second kappa shape index (κ2) is 16.7. The number of aliphatic hydroxyl groups excluding tert-OH is 1. The summed E-state index contributed by atoms with van der Waals surface area (Å²) in [6.07, 6.45) is 18.3. The highest BCUT2D eigenvalue weighted by Crippen LogP contribution is 2.67. The first-order valence-electron chi connectivity index (χ1n) is 18.6. The smallest absolute Gasteiger partial charge is 0.306 e. The Balaban J connectivity index is 1.23. The SMILES string of the molecule is CC(CCC[C@@H](C)[C@H]1CCC2C3C(CC[C@@]21C)[C@@]1(C)CC[C@H](NCCCNCCCCNCCCN)C=C1C[C@H]3O)C(=O)O. The average molecular weight is 617 g/mol. The van der Waals surface area contributed by atoms with E-state index in [1.54, 1.807) is 0 Å². The molecule has 4 rings (SSSR count). The summed E-state index contributed by atoms with van der Waals surface area (Å²) in [6.45, 7) is 15.5. The number of carboxylic acids is 1. The fourth-order valence-electron chi connectivity index (χ4n) is 10.4. The van der Waals surface area contributed by atoms with Crippen LogP contribution in [0.4, 0.5) is 0 Å². The van der Waals surface area contributed by atoms with Crippen LogP contribution in [0.25, 0.3) is 0 Å². The van der Waals surface area contributed by atoms with Crippen molar-refractivity contribution in [2.45, 2.75) is 130 Å². The zero-order chi connectivity index (χ0) is 31.7. The highest BCUT2D eigenvalue weighted by atomic mass is 16.4. The van der Waals surface area contributed by atoms with Gasteiger partial charge in [0.25, 0.3) is 0 Å². The van der Waals surface area contributed by atoms with E-state index < -0.39 is 5.97 Å². The van der Waals surface area contributed by atoms with E-state index in [2.05, 4.69) is 42.8 Å². The van der Waals surface area contributed by atoms with Crippen LogP contribution >= 0.6 is 0 Å². The first kappa shape index (κ1) is 35.9. The van der Waals surface area contributed by atoms with Gasteiger partial charge in [-0.2, -0.15) is 0 Å². The van der Waals surface area contributed by atoms with E-state index in [9.17, 15) is 15.0 Å². The minimum absolute atomic E-state index is 0.215. The molecule has 0 saturated heterocycles. The molecule has 7 heteroatoms.